The van der Waals surface area contributed by atoms with Crippen molar-refractivity contribution in [2.24, 2.45) is 0 Å². The predicted octanol–water partition coefficient (Wildman–Crippen LogP) is 12.3. The number of fused-ring (bicyclic) bond motifs is 4. The van der Waals surface area contributed by atoms with Crippen molar-refractivity contribution < 1.29 is 34.1 Å². The summed E-state index contributed by atoms with van der Waals surface area (Å²) in [5, 5.41) is 1.74. The normalized spacial score (nSPS) is 13.8. The van der Waals surface area contributed by atoms with E-state index < -0.39 is 19.1 Å². The van der Waals surface area contributed by atoms with Gasteiger partial charge in [-0.1, -0.05) is 105 Å². The molecule has 5 heteroatoms. The molecule has 0 amide bonds. The number of furan rings is 1. The molecule has 0 saturated heterocycles. The number of aromatic nitrogens is 2. The molecular formula is C48H37IrN2OSe. The fourth-order valence-electron chi connectivity index (χ4n) is 6.16. The molecule has 0 bridgehead atoms. The van der Waals surface area contributed by atoms with Crippen LogP contribution in [0.3, 0.4) is 0 Å². The van der Waals surface area contributed by atoms with Crippen molar-refractivity contribution >= 4 is 46.2 Å². The first-order valence-corrected chi connectivity index (χ1v) is 18.6. The Morgan fingerprint density at radius 3 is 2.34 bits per heavy atom. The van der Waals surface area contributed by atoms with Crippen molar-refractivity contribution in [1.29, 1.82) is 0 Å². The standard InChI is InChI=1S/C35H29NO.C13H8NSe.Ir/c1-22-18-27(35(3,4)5)15-17-28(22)32-19-26(21-36-23(32)2)29-12-9-13-31-30-16-14-25(20-33(30)37-34(29)31)24-10-7-6-8-11-24;1-2-6-10(7-3-1)13-14-11-8-4-5-9-12(11)15-13;/h6-11,13-20H,1-5H3;1-6,8-9H;/q-2;-1;+3/i1D3,2D3,17D;;. The molecule has 3 nitrogen and oxygen atoms in total. The van der Waals surface area contributed by atoms with E-state index in [1.54, 1.807) is 24.3 Å². The van der Waals surface area contributed by atoms with Crippen LogP contribution in [-0.2, 0) is 25.5 Å². The second kappa shape index (κ2) is 15.2. The average Bonchev–Trinajstić information content (AvgIpc) is 3.82. The maximum atomic E-state index is 8.92. The molecule has 0 aliphatic carbocycles. The van der Waals surface area contributed by atoms with Gasteiger partial charge in [0.15, 0.2) is 0 Å². The molecule has 0 aliphatic rings. The van der Waals surface area contributed by atoms with E-state index in [1.807, 2.05) is 99.6 Å². The van der Waals surface area contributed by atoms with Crippen LogP contribution in [0, 0.1) is 32.0 Å². The van der Waals surface area contributed by atoms with Crippen molar-refractivity contribution in [1.82, 2.24) is 9.97 Å². The molecule has 0 aliphatic heterocycles. The van der Waals surface area contributed by atoms with Gasteiger partial charge in [0.25, 0.3) is 0 Å². The number of para-hydroxylation sites is 1. The van der Waals surface area contributed by atoms with Crippen molar-refractivity contribution in [3.05, 3.63) is 169 Å². The summed E-state index contributed by atoms with van der Waals surface area (Å²) in [6.07, 6.45) is 2.85. The number of benzene rings is 6. The molecule has 260 valence electrons. The van der Waals surface area contributed by atoms with Crippen LogP contribution in [-0.4, -0.2) is 24.5 Å². The molecular weight excluding hydrogens is 892 g/mol. The van der Waals surface area contributed by atoms with Crippen molar-refractivity contribution in [3.8, 4) is 43.5 Å². The second-order valence-corrected chi connectivity index (χ2v) is 15.7. The van der Waals surface area contributed by atoms with Crippen LogP contribution >= 0.6 is 0 Å². The molecule has 3 heterocycles. The minimum atomic E-state index is -2.69. The van der Waals surface area contributed by atoms with Crippen LogP contribution in [0.2, 0.25) is 0 Å². The quantitative estimate of drug-likeness (QED) is 0.130. The van der Waals surface area contributed by atoms with E-state index in [0.29, 0.717) is 42.4 Å². The zero-order valence-electron chi connectivity index (χ0n) is 36.2. The van der Waals surface area contributed by atoms with Gasteiger partial charge in [-0.3, -0.25) is 0 Å². The molecule has 3 aromatic heterocycles. The van der Waals surface area contributed by atoms with Crippen molar-refractivity contribution in [2.45, 2.75) is 39.9 Å². The topological polar surface area (TPSA) is 38.9 Å². The average molecular weight is 936 g/mol. The third-order valence-corrected chi connectivity index (χ3v) is 11.2. The van der Waals surface area contributed by atoms with Gasteiger partial charge in [-0.05, 0) is 51.8 Å². The van der Waals surface area contributed by atoms with Crippen LogP contribution in [0.15, 0.2) is 138 Å². The Kier molecular flexibility index (Phi) is 8.21. The Labute approximate surface area is 340 Å². The van der Waals surface area contributed by atoms with E-state index in [9.17, 15) is 0 Å². The number of hydrogen-bond donors (Lipinski definition) is 0. The first kappa shape index (κ1) is 28.6. The Bertz CT molecular complexity index is 2940. The Hall–Kier alpha value is -4.89. The second-order valence-electron chi connectivity index (χ2n) is 13.5. The van der Waals surface area contributed by atoms with Crippen LogP contribution in [0.5, 0.6) is 0 Å². The summed E-state index contributed by atoms with van der Waals surface area (Å²) in [4.78, 5) is 8.87. The first-order valence-electron chi connectivity index (χ1n) is 20.4. The number of nitrogens with zero attached hydrogens (tertiary/aromatic N) is 2. The van der Waals surface area contributed by atoms with Gasteiger partial charge in [0.1, 0.15) is 5.58 Å². The van der Waals surface area contributed by atoms with Gasteiger partial charge in [0, 0.05) is 19.2 Å². The van der Waals surface area contributed by atoms with Crippen LogP contribution in [0.25, 0.3) is 75.2 Å². The number of rotatable bonds is 4. The molecule has 53 heavy (non-hydrogen) atoms. The summed E-state index contributed by atoms with van der Waals surface area (Å²) in [6.45, 7) is 0.501. The Morgan fingerprint density at radius 2 is 1.57 bits per heavy atom. The molecule has 0 fully saturated rings. The molecule has 9 aromatic rings. The third kappa shape index (κ3) is 7.49. The maximum absolute atomic E-state index is 8.92. The molecule has 0 radical (unpaired) electrons. The molecule has 0 saturated carbocycles. The Morgan fingerprint density at radius 1 is 0.736 bits per heavy atom. The zero-order valence-corrected chi connectivity index (χ0v) is 33.3. The van der Waals surface area contributed by atoms with Gasteiger partial charge in [-0.2, -0.15) is 23.8 Å². The van der Waals surface area contributed by atoms with E-state index in [4.69, 9.17) is 14.0 Å². The van der Waals surface area contributed by atoms with E-state index in [2.05, 4.69) is 52.6 Å². The van der Waals surface area contributed by atoms with Gasteiger partial charge in [-0.15, -0.1) is 6.07 Å². The molecule has 0 spiro atoms. The summed E-state index contributed by atoms with van der Waals surface area (Å²) in [7, 11) is 0. The van der Waals surface area contributed by atoms with Crippen molar-refractivity contribution in [2.75, 3.05) is 0 Å². The zero-order chi connectivity index (χ0) is 41.7. The van der Waals surface area contributed by atoms with Gasteiger partial charge in [-0.25, -0.2) is 5.56 Å². The van der Waals surface area contributed by atoms with Crippen LogP contribution < -0.4 is 0 Å². The van der Waals surface area contributed by atoms with Crippen LogP contribution in [0.4, 0.5) is 0 Å². The summed E-state index contributed by atoms with van der Waals surface area (Å²) >= 11 is 0.342. The monoisotopic (exact) mass is 937 g/mol. The Balaban J connectivity index is 0.000000284. The molecule has 9 rings (SSSR count). The van der Waals surface area contributed by atoms with Crippen molar-refractivity contribution in [3.63, 3.8) is 0 Å². The SMILES string of the molecule is [2H]c1cc(C(C)(C)C)cc(C([2H])([2H])[2H])c1-c1cc(-c2[c-]ccc3c2oc2cc(-c4ccccc4)ccc23)[c-]nc1C([2H])([2H])[2H].[Ir+3].[c-]1ccccc1-c1nc2ccccc2[se]1. The number of hydrogen-bond acceptors (Lipinski definition) is 3. The van der Waals surface area contributed by atoms with E-state index in [0.717, 1.165) is 33.0 Å². The summed E-state index contributed by atoms with van der Waals surface area (Å²) in [5.74, 6) is 0. The minimum absolute atomic E-state index is 0. The molecule has 0 atom stereocenters. The molecule has 0 N–H and O–H groups in total. The predicted molar refractivity (Wildman–Crippen MR) is 217 cm³/mol. The van der Waals surface area contributed by atoms with Gasteiger partial charge < -0.3 is 9.40 Å². The van der Waals surface area contributed by atoms with E-state index in [-0.39, 0.29) is 48.5 Å². The van der Waals surface area contributed by atoms with Gasteiger partial charge >= 0.3 is 114 Å². The summed E-state index contributed by atoms with van der Waals surface area (Å²) < 4.78 is 67.4. The van der Waals surface area contributed by atoms with E-state index in [1.165, 1.54) is 8.83 Å². The molecule has 6 aromatic carbocycles. The van der Waals surface area contributed by atoms with E-state index >= 15 is 0 Å². The third-order valence-electron chi connectivity index (χ3n) is 8.95. The van der Waals surface area contributed by atoms with Crippen LogP contribution in [0.1, 0.15) is 47.2 Å². The molecule has 0 unspecified atom stereocenters. The van der Waals surface area contributed by atoms with Gasteiger partial charge in [0.2, 0.25) is 0 Å². The summed E-state index contributed by atoms with van der Waals surface area (Å²) in [5.41, 5.74) is 6.24. The fraction of sp³-hybridized carbons (Fsp3) is 0.125. The first-order chi connectivity index (χ1) is 28.1. The fourth-order valence-corrected chi connectivity index (χ4v) is 8.16. The summed E-state index contributed by atoms with van der Waals surface area (Å²) in [6, 6.07) is 47.1. The number of pyridine rings is 1. The van der Waals surface area contributed by atoms with Gasteiger partial charge in [0.05, 0.1) is 1.37 Å². The number of aryl methyl sites for hydroxylation is 2.